The molecule has 2 rings (SSSR count). The van der Waals surface area contributed by atoms with Gasteiger partial charge in [-0.05, 0) is 18.1 Å². The molecule has 92 valence electrons. The Labute approximate surface area is 105 Å². The summed E-state index contributed by atoms with van der Waals surface area (Å²) >= 11 is 1.65. The summed E-state index contributed by atoms with van der Waals surface area (Å²) in [6, 6.07) is 8.25. The molecule has 0 radical (unpaired) electrons. The zero-order valence-electron chi connectivity index (χ0n) is 9.77. The first-order chi connectivity index (χ1) is 8.15. The van der Waals surface area contributed by atoms with Crippen molar-refractivity contribution in [3.8, 4) is 0 Å². The number of hydrogen-bond acceptors (Lipinski definition) is 4. The molecule has 1 saturated heterocycles. The van der Waals surface area contributed by atoms with Crippen LogP contribution in [0.25, 0.3) is 0 Å². The quantitative estimate of drug-likeness (QED) is 0.747. The minimum atomic E-state index is -0.238. The van der Waals surface area contributed by atoms with Crippen LogP contribution in [0.3, 0.4) is 0 Å². The molecule has 17 heavy (non-hydrogen) atoms. The van der Waals surface area contributed by atoms with Gasteiger partial charge in [0, 0.05) is 5.75 Å². The van der Waals surface area contributed by atoms with Gasteiger partial charge in [0.1, 0.15) is 5.50 Å². The summed E-state index contributed by atoms with van der Waals surface area (Å²) in [5.41, 5.74) is 8.19. The van der Waals surface area contributed by atoms with Gasteiger partial charge in [-0.1, -0.05) is 24.3 Å². The smallest absolute Gasteiger partial charge is 0.224 e. The molecule has 5 heteroatoms. The van der Waals surface area contributed by atoms with Crippen LogP contribution < -0.4 is 16.4 Å². The van der Waals surface area contributed by atoms with Crippen LogP contribution in [0.4, 0.5) is 0 Å². The fourth-order valence-electron chi connectivity index (χ4n) is 1.73. The predicted molar refractivity (Wildman–Crippen MR) is 70.1 cm³/mol. The Bertz CT molecular complexity index is 410. The van der Waals surface area contributed by atoms with E-state index in [0.717, 1.165) is 5.75 Å². The monoisotopic (exact) mass is 251 g/mol. The number of carbonyl (C=O) groups excluding carboxylic acids is 1. The number of nitrogens with one attached hydrogen (secondary N) is 2. The molecule has 1 amide bonds. The van der Waals surface area contributed by atoms with E-state index in [4.69, 9.17) is 5.73 Å². The Morgan fingerprint density at radius 2 is 2.24 bits per heavy atom. The highest BCUT2D eigenvalue weighted by Gasteiger charge is 2.23. The van der Waals surface area contributed by atoms with Crippen LogP contribution in [0.2, 0.25) is 0 Å². The lowest BCUT2D eigenvalue weighted by atomic mass is 10.1. The first kappa shape index (κ1) is 12.4. The van der Waals surface area contributed by atoms with Crippen molar-refractivity contribution in [2.75, 3.05) is 0 Å². The van der Waals surface area contributed by atoms with Crippen LogP contribution >= 0.6 is 11.8 Å². The molecular formula is C12H17N3OS. The van der Waals surface area contributed by atoms with Crippen molar-refractivity contribution in [3.05, 3.63) is 35.4 Å². The third kappa shape index (κ3) is 3.46. The average molecular weight is 251 g/mol. The SMILES string of the molecule is Cc1ccccc1CSC1NC(=O)CC(N)N1. The topological polar surface area (TPSA) is 67.2 Å². The summed E-state index contributed by atoms with van der Waals surface area (Å²) in [5.74, 6) is 0.871. The van der Waals surface area contributed by atoms with Crippen molar-refractivity contribution in [1.29, 1.82) is 0 Å². The second-order valence-electron chi connectivity index (χ2n) is 4.16. The molecule has 1 aromatic carbocycles. The highest BCUT2D eigenvalue weighted by Crippen LogP contribution is 2.19. The highest BCUT2D eigenvalue weighted by atomic mass is 32.2. The molecule has 1 fully saturated rings. The van der Waals surface area contributed by atoms with E-state index in [2.05, 4.69) is 29.7 Å². The number of hydrogen-bond donors (Lipinski definition) is 3. The average Bonchev–Trinajstić information content (AvgIpc) is 2.27. The Kier molecular flexibility index (Phi) is 4.04. The van der Waals surface area contributed by atoms with Crippen molar-refractivity contribution in [2.24, 2.45) is 5.73 Å². The van der Waals surface area contributed by atoms with E-state index in [1.165, 1.54) is 11.1 Å². The molecule has 2 unspecified atom stereocenters. The zero-order valence-corrected chi connectivity index (χ0v) is 10.6. The van der Waals surface area contributed by atoms with Crippen molar-refractivity contribution in [1.82, 2.24) is 10.6 Å². The molecule has 1 heterocycles. The lowest BCUT2D eigenvalue weighted by molar-refractivity contribution is -0.123. The third-order valence-electron chi connectivity index (χ3n) is 2.73. The van der Waals surface area contributed by atoms with Crippen LogP contribution in [-0.2, 0) is 10.5 Å². The molecular weight excluding hydrogens is 234 g/mol. The Hall–Kier alpha value is -1.04. The van der Waals surface area contributed by atoms with Crippen LogP contribution in [0.5, 0.6) is 0 Å². The van der Waals surface area contributed by atoms with Crippen molar-refractivity contribution < 1.29 is 4.79 Å². The molecule has 0 aromatic heterocycles. The lowest BCUT2D eigenvalue weighted by Gasteiger charge is -2.28. The van der Waals surface area contributed by atoms with Gasteiger partial charge < -0.3 is 11.1 Å². The minimum absolute atomic E-state index is 0.0125. The molecule has 0 aliphatic carbocycles. The standard InChI is InChI=1S/C12H17N3OS/c1-8-4-2-3-5-9(8)7-17-12-14-10(13)6-11(16)15-12/h2-5,10,12,14H,6-7,13H2,1H3,(H,15,16). The lowest BCUT2D eigenvalue weighted by Crippen LogP contribution is -2.57. The molecule has 1 aliphatic heterocycles. The Balaban J connectivity index is 1.90. The molecule has 0 bridgehead atoms. The van der Waals surface area contributed by atoms with Gasteiger partial charge >= 0.3 is 0 Å². The maximum atomic E-state index is 11.3. The summed E-state index contributed by atoms with van der Waals surface area (Å²) in [4.78, 5) is 11.3. The van der Waals surface area contributed by atoms with Crippen molar-refractivity contribution in [3.63, 3.8) is 0 Å². The Morgan fingerprint density at radius 3 is 2.94 bits per heavy atom. The molecule has 1 aromatic rings. The zero-order chi connectivity index (χ0) is 12.3. The number of carbonyl (C=O) groups is 1. The number of aryl methyl sites for hydroxylation is 1. The third-order valence-corrected chi connectivity index (χ3v) is 3.79. The number of amides is 1. The van der Waals surface area contributed by atoms with E-state index < -0.39 is 0 Å². The largest absolute Gasteiger partial charge is 0.332 e. The second-order valence-corrected chi connectivity index (χ2v) is 5.26. The summed E-state index contributed by atoms with van der Waals surface area (Å²) in [6.07, 6.45) is 0.111. The maximum Gasteiger partial charge on any atom is 0.224 e. The fraction of sp³-hybridized carbons (Fsp3) is 0.417. The normalized spacial score (nSPS) is 24.5. The van der Waals surface area contributed by atoms with Gasteiger partial charge in [0.2, 0.25) is 5.91 Å². The van der Waals surface area contributed by atoms with E-state index in [9.17, 15) is 4.79 Å². The first-order valence-corrected chi connectivity index (χ1v) is 6.67. The fourth-order valence-corrected chi connectivity index (χ4v) is 2.89. The van der Waals surface area contributed by atoms with Crippen LogP contribution in [0, 0.1) is 6.92 Å². The molecule has 4 N–H and O–H groups in total. The van der Waals surface area contributed by atoms with Crippen LogP contribution in [0.1, 0.15) is 17.5 Å². The van der Waals surface area contributed by atoms with Crippen molar-refractivity contribution >= 4 is 17.7 Å². The number of nitrogens with two attached hydrogens (primary N) is 1. The maximum absolute atomic E-state index is 11.3. The predicted octanol–water partition coefficient (Wildman–Crippen LogP) is 0.906. The van der Waals surface area contributed by atoms with E-state index in [0.29, 0.717) is 6.42 Å². The van der Waals surface area contributed by atoms with Gasteiger partial charge in [0.15, 0.2) is 0 Å². The van der Waals surface area contributed by atoms with Gasteiger partial charge in [0.25, 0.3) is 0 Å². The Morgan fingerprint density at radius 1 is 1.47 bits per heavy atom. The molecule has 4 nitrogen and oxygen atoms in total. The van der Waals surface area contributed by atoms with E-state index in [-0.39, 0.29) is 17.6 Å². The first-order valence-electron chi connectivity index (χ1n) is 5.62. The van der Waals surface area contributed by atoms with E-state index >= 15 is 0 Å². The summed E-state index contributed by atoms with van der Waals surface area (Å²) < 4.78 is 0. The van der Waals surface area contributed by atoms with Gasteiger partial charge in [-0.2, -0.15) is 0 Å². The van der Waals surface area contributed by atoms with Gasteiger partial charge in [-0.25, -0.2) is 0 Å². The summed E-state index contributed by atoms with van der Waals surface area (Å²) in [5, 5.41) is 6.01. The van der Waals surface area contributed by atoms with Crippen molar-refractivity contribution in [2.45, 2.75) is 30.8 Å². The second kappa shape index (κ2) is 5.53. The molecule has 0 spiro atoms. The molecule has 2 atom stereocenters. The number of thioether (sulfide) groups is 1. The van der Waals surface area contributed by atoms with E-state index in [1.807, 2.05) is 12.1 Å². The van der Waals surface area contributed by atoms with Gasteiger partial charge in [-0.15, -0.1) is 11.8 Å². The molecule has 1 aliphatic rings. The van der Waals surface area contributed by atoms with Gasteiger partial charge in [0.05, 0.1) is 12.6 Å². The van der Waals surface area contributed by atoms with Crippen LogP contribution in [-0.4, -0.2) is 17.6 Å². The van der Waals surface area contributed by atoms with Crippen LogP contribution in [0.15, 0.2) is 24.3 Å². The van der Waals surface area contributed by atoms with E-state index in [1.54, 1.807) is 11.8 Å². The highest BCUT2D eigenvalue weighted by molar-refractivity contribution is 7.99. The summed E-state index contributed by atoms with van der Waals surface area (Å²) in [6.45, 7) is 2.09. The van der Waals surface area contributed by atoms with Gasteiger partial charge in [-0.3, -0.25) is 10.1 Å². The molecule has 0 saturated carbocycles. The summed E-state index contributed by atoms with van der Waals surface area (Å²) in [7, 11) is 0. The number of benzene rings is 1. The number of rotatable bonds is 3. The minimum Gasteiger partial charge on any atom is -0.332 e.